The van der Waals surface area contributed by atoms with Crippen molar-refractivity contribution in [1.29, 1.82) is 0 Å². The topological polar surface area (TPSA) is 12.5 Å². The van der Waals surface area contributed by atoms with Crippen LogP contribution in [-0.4, -0.2) is 32.0 Å². The van der Waals surface area contributed by atoms with E-state index in [4.69, 9.17) is 25.3 Å². The van der Waals surface area contributed by atoms with Crippen molar-refractivity contribution in [3.8, 4) is 0 Å². The lowest BCUT2D eigenvalue weighted by Crippen LogP contribution is -2.20. The quantitative estimate of drug-likeness (QED) is 0.802. The number of likely N-dealkylation sites (N-methyl/N-ethyl adjacent to an activating group) is 1. The van der Waals surface area contributed by atoms with Crippen LogP contribution in [0.3, 0.4) is 0 Å². The lowest BCUT2D eigenvalue weighted by Gasteiger charge is -2.22. The Balaban J connectivity index is 2.75. The second-order valence-corrected chi connectivity index (χ2v) is 3.87. The number of ether oxygens (including phenoxy) is 1. The van der Waals surface area contributed by atoms with Crippen LogP contribution in [0.2, 0.25) is 0 Å². The summed E-state index contributed by atoms with van der Waals surface area (Å²) in [4.78, 5) is 0.165. The molecule has 106 valence electrons. The third kappa shape index (κ3) is 3.92. The Morgan fingerprint density at radius 3 is 2.80 bits per heavy atom. The molecule has 0 aliphatic heterocycles. The molecule has 1 unspecified atom stereocenters. The predicted molar refractivity (Wildman–Crippen MR) is 84.0 cm³/mol. The van der Waals surface area contributed by atoms with Gasteiger partial charge in [0.2, 0.25) is 0 Å². The molecule has 0 N–H and O–H groups in total. The van der Waals surface area contributed by atoms with Gasteiger partial charge in [-0.15, -0.1) is 0 Å². The van der Waals surface area contributed by atoms with E-state index in [0.29, 0.717) is 0 Å². The Kier molecular flexibility index (Phi) is 1.69. The van der Waals surface area contributed by atoms with Crippen LogP contribution >= 0.6 is 0 Å². The molecule has 0 bridgehead atoms. The van der Waals surface area contributed by atoms with Crippen molar-refractivity contribution < 1.29 is 25.3 Å². The van der Waals surface area contributed by atoms with E-state index in [0.717, 1.165) is 0 Å². The molecule has 2 rings (SSSR count). The van der Waals surface area contributed by atoms with E-state index in [1.807, 2.05) is 0 Å². The van der Waals surface area contributed by atoms with Crippen LogP contribution in [0.25, 0.3) is 0 Å². The number of rotatable bonds is 6. The van der Waals surface area contributed by atoms with Gasteiger partial charge in [0.25, 0.3) is 0 Å². The first-order chi connectivity index (χ1) is 15.7. The maximum Gasteiger partial charge on any atom is 0.108 e. The standard InChI is InChI=1S/C18H23NO/c1-15-9-7-8-12-17(15)18(20-14-13-19(2)3)16-10-5-4-6-11-16/h4-12,18H,13-14H2,1-3H3/i1D3,2D3,3D3,4D,5D,6D,10D,11D,18D. The van der Waals surface area contributed by atoms with Crippen molar-refractivity contribution in [3.63, 3.8) is 0 Å². The van der Waals surface area contributed by atoms with E-state index in [-0.39, 0.29) is 10.5 Å². The summed E-state index contributed by atoms with van der Waals surface area (Å²) in [6, 6.07) is 1.11. The van der Waals surface area contributed by atoms with E-state index in [1.165, 1.54) is 24.3 Å². The van der Waals surface area contributed by atoms with Crippen LogP contribution < -0.4 is 0 Å². The molecule has 0 saturated carbocycles. The zero-order valence-electron chi connectivity index (χ0n) is 25.6. The Morgan fingerprint density at radius 1 is 1.25 bits per heavy atom. The molecule has 0 heterocycles. The minimum atomic E-state index is -3.06. The first kappa shape index (κ1) is 4.69. The molecule has 2 heteroatoms. The van der Waals surface area contributed by atoms with Gasteiger partial charge in [-0.3, -0.25) is 0 Å². The highest BCUT2D eigenvalue weighted by Crippen LogP contribution is 2.28. The molecule has 2 nitrogen and oxygen atoms in total. The number of hydrogen-bond donors (Lipinski definition) is 0. The van der Waals surface area contributed by atoms with Gasteiger partial charge < -0.3 is 9.64 Å². The molecular weight excluding hydrogens is 246 g/mol. The van der Waals surface area contributed by atoms with Crippen LogP contribution in [0.4, 0.5) is 0 Å². The normalized spacial score (nSPS) is 26.9. The molecule has 2 aromatic carbocycles. The maximum absolute atomic E-state index is 9.09. The smallest absolute Gasteiger partial charge is 0.108 e. The van der Waals surface area contributed by atoms with Crippen molar-refractivity contribution in [2.24, 2.45) is 0 Å². The highest BCUT2D eigenvalue weighted by atomic mass is 16.5. The third-order valence-corrected chi connectivity index (χ3v) is 2.46. The summed E-state index contributed by atoms with van der Waals surface area (Å²) in [5.41, 5.74) is -1.47. The van der Waals surface area contributed by atoms with Crippen molar-refractivity contribution in [2.75, 3.05) is 27.1 Å². The summed E-state index contributed by atoms with van der Waals surface area (Å²) >= 11 is 0. The number of hydrogen-bond acceptors (Lipinski definition) is 2. The molecule has 0 spiro atoms. The summed E-state index contributed by atoms with van der Waals surface area (Å²) in [5.74, 6) is 0. The van der Waals surface area contributed by atoms with Gasteiger partial charge in [-0.25, -0.2) is 0 Å². The van der Waals surface area contributed by atoms with Crippen LogP contribution in [0, 0.1) is 6.85 Å². The fourth-order valence-electron chi connectivity index (χ4n) is 1.57. The molecule has 20 heavy (non-hydrogen) atoms. The highest BCUT2D eigenvalue weighted by Gasteiger charge is 2.16. The van der Waals surface area contributed by atoms with Gasteiger partial charge in [-0.1, -0.05) is 54.5 Å². The molecule has 0 aromatic heterocycles. The Hall–Kier alpha value is -1.64. The second-order valence-electron chi connectivity index (χ2n) is 3.87. The summed E-state index contributed by atoms with van der Waals surface area (Å²) < 4.78 is 123. The molecule has 0 aliphatic rings. The van der Waals surface area contributed by atoms with Crippen molar-refractivity contribution in [1.82, 2.24) is 4.90 Å². The van der Waals surface area contributed by atoms with Gasteiger partial charge in [-0.05, 0) is 37.5 Å². The van der Waals surface area contributed by atoms with Crippen molar-refractivity contribution in [3.05, 3.63) is 71.2 Å². The van der Waals surface area contributed by atoms with E-state index < -0.39 is 81.4 Å². The van der Waals surface area contributed by atoms with Crippen molar-refractivity contribution in [2.45, 2.75) is 12.9 Å². The SMILES string of the molecule is [2H]c1c([2H])c([2H])c(C([2H])(OCCN(C([2H])([2H])[2H])C([2H])([2H])[2H])c2ccccc2C([2H])([2H])[2H])c([2H])c1[2H]. The fraction of sp³-hybridized carbons (Fsp3) is 0.333. The van der Waals surface area contributed by atoms with Gasteiger partial charge in [0, 0.05) is 18.9 Å². The van der Waals surface area contributed by atoms with Gasteiger partial charge in [-0.2, -0.15) is 0 Å². The molecule has 0 saturated heterocycles. The summed E-state index contributed by atoms with van der Waals surface area (Å²) in [6.45, 7) is -10.4. The molecule has 0 fully saturated rings. The van der Waals surface area contributed by atoms with Crippen LogP contribution in [0.5, 0.6) is 0 Å². The first-order valence-corrected chi connectivity index (χ1v) is 5.83. The average Bonchev–Trinajstić information content (AvgIpc) is 2.71. The highest BCUT2D eigenvalue weighted by molar-refractivity contribution is 5.35. The van der Waals surface area contributed by atoms with E-state index in [2.05, 4.69) is 0 Å². The minimum Gasteiger partial charge on any atom is -0.367 e. The Bertz CT molecular complexity index is 1030. The molecular formula is C18H23NO. The predicted octanol–water partition coefficient (Wildman–Crippen LogP) is 3.66. The number of aryl methyl sites for hydroxylation is 1. The summed E-state index contributed by atoms with van der Waals surface area (Å²) in [6.07, 6.45) is -2.73. The largest absolute Gasteiger partial charge is 0.367 e. The fourth-order valence-corrected chi connectivity index (χ4v) is 1.57. The van der Waals surface area contributed by atoms with Crippen LogP contribution in [0.1, 0.15) is 43.3 Å². The molecule has 2 aromatic rings. The lowest BCUT2D eigenvalue weighted by molar-refractivity contribution is 0.0683. The second kappa shape index (κ2) is 7.22. The zero-order chi connectivity index (χ0) is 27.1. The average molecular weight is 284 g/mol. The van der Waals surface area contributed by atoms with Gasteiger partial charge in [0.15, 0.2) is 0 Å². The molecule has 1 atom stereocenters. The van der Waals surface area contributed by atoms with Gasteiger partial charge in [0.1, 0.15) is 6.08 Å². The van der Waals surface area contributed by atoms with Crippen LogP contribution in [0.15, 0.2) is 54.5 Å². The Labute approximate surface area is 143 Å². The first-order valence-electron chi connectivity index (χ1n) is 13.3. The summed E-state index contributed by atoms with van der Waals surface area (Å²) in [5, 5.41) is 0. The van der Waals surface area contributed by atoms with E-state index in [1.54, 1.807) is 0 Å². The van der Waals surface area contributed by atoms with E-state index >= 15 is 0 Å². The van der Waals surface area contributed by atoms with Gasteiger partial charge in [0.05, 0.1) is 14.8 Å². The monoisotopic (exact) mass is 284 g/mol. The maximum atomic E-state index is 9.09. The van der Waals surface area contributed by atoms with Crippen molar-refractivity contribution >= 4 is 0 Å². The molecule has 0 aliphatic carbocycles. The van der Waals surface area contributed by atoms with Gasteiger partial charge >= 0.3 is 0 Å². The molecule has 0 radical (unpaired) electrons. The third-order valence-electron chi connectivity index (χ3n) is 2.46. The van der Waals surface area contributed by atoms with E-state index in [9.17, 15) is 0 Å². The molecule has 0 amide bonds. The number of nitrogens with zero attached hydrogens (tertiary/aromatic N) is 1. The summed E-state index contributed by atoms with van der Waals surface area (Å²) in [7, 11) is 0. The lowest BCUT2D eigenvalue weighted by atomic mass is 9.97. The Morgan fingerprint density at radius 2 is 2.05 bits per heavy atom. The van der Waals surface area contributed by atoms with Crippen LogP contribution in [-0.2, 0) is 4.74 Å². The zero-order valence-corrected chi connectivity index (χ0v) is 10.6. The number of benzene rings is 2. The minimum absolute atomic E-state index is 0.165.